The Morgan fingerprint density at radius 2 is 2.13 bits per heavy atom. The molecule has 0 atom stereocenters. The van der Waals surface area contributed by atoms with Crippen molar-refractivity contribution in [1.82, 2.24) is 20.4 Å². The quantitative estimate of drug-likeness (QED) is 0.840. The molecule has 0 saturated carbocycles. The summed E-state index contributed by atoms with van der Waals surface area (Å²) in [4.78, 5) is 25.1. The first kappa shape index (κ1) is 15.3. The molecule has 3 rings (SSSR count). The summed E-state index contributed by atoms with van der Waals surface area (Å²) in [6, 6.07) is 8.91. The maximum Gasteiger partial charge on any atom is 0.272 e. The molecule has 2 aromatic rings. The van der Waals surface area contributed by atoms with E-state index in [1.807, 2.05) is 18.2 Å². The summed E-state index contributed by atoms with van der Waals surface area (Å²) >= 11 is 6.13. The van der Waals surface area contributed by atoms with Crippen molar-refractivity contribution in [2.24, 2.45) is 0 Å². The van der Waals surface area contributed by atoms with Crippen molar-refractivity contribution >= 4 is 23.4 Å². The van der Waals surface area contributed by atoms with E-state index < -0.39 is 0 Å². The van der Waals surface area contributed by atoms with E-state index in [1.54, 1.807) is 17.0 Å². The van der Waals surface area contributed by atoms with Gasteiger partial charge in [0, 0.05) is 23.7 Å². The molecular formula is C16H15ClN4O2. The summed E-state index contributed by atoms with van der Waals surface area (Å²) in [6.07, 6.45) is 1.27. The molecule has 6 nitrogen and oxygen atoms in total. The predicted molar refractivity (Wildman–Crippen MR) is 87.1 cm³/mol. The molecule has 1 aliphatic rings. The van der Waals surface area contributed by atoms with Crippen molar-refractivity contribution in [3.63, 3.8) is 0 Å². The van der Waals surface area contributed by atoms with Gasteiger partial charge < -0.3 is 10.2 Å². The van der Waals surface area contributed by atoms with Gasteiger partial charge in [-0.25, -0.2) is 0 Å². The number of rotatable bonds is 4. The number of aromatic nitrogens is 2. The van der Waals surface area contributed by atoms with Gasteiger partial charge in [-0.1, -0.05) is 36.4 Å². The van der Waals surface area contributed by atoms with Crippen molar-refractivity contribution < 1.29 is 9.59 Å². The summed E-state index contributed by atoms with van der Waals surface area (Å²) < 4.78 is 0. The highest BCUT2D eigenvalue weighted by Crippen LogP contribution is 2.26. The number of nitrogens with zero attached hydrogens (tertiary/aromatic N) is 2. The lowest BCUT2D eigenvalue weighted by Gasteiger charge is -2.38. The molecule has 1 aromatic heterocycles. The van der Waals surface area contributed by atoms with E-state index in [-0.39, 0.29) is 23.6 Å². The smallest absolute Gasteiger partial charge is 0.272 e. The number of likely N-dealkylation sites (tertiary alicyclic amines) is 1. The van der Waals surface area contributed by atoms with Crippen molar-refractivity contribution in [3.05, 3.63) is 53.7 Å². The third-order valence-corrected chi connectivity index (χ3v) is 4.01. The molecule has 118 valence electrons. The van der Waals surface area contributed by atoms with Gasteiger partial charge in [-0.15, -0.1) is 0 Å². The van der Waals surface area contributed by atoms with Gasteiger partial charge in [-0.05, 0) is 18.2 Å². The molecule has 2 amide bonds. The van der Waals surface area contributed by atoms with Crippen LogP contribution in [0.3, 0.4) is 0 Å². The van der Waals surface area contributed by atoms with Gasteiger partial charge in [0.2, 0.25) is 5.91 Å². The van der Waals surface area contributed by atoms with Crippen LogP contribution in [0.1, 0.15) is 10.5 Å². The van der Waals surface area contributed by atoms with Crippen LogP contribution in [0.2, 0.25) is 5.02 Å². The zero-order valence-corrected chi connectivity index (χ0v) is 13.0. The minimum atomic E-state index is -0.282. The molecular weight excluding hydrogens is 316 g/mol. The Hall–Kier alpha value is -2.60. The Bertz CT molecular complexity index is 765. The molecule has 1 saturated heterocycles. The Balaban J connectivity index is 1.63. The molecule has 0 bridgehead atoms. The number of nitrogens with one attached hydrogen (secondary N) is 2. The fourth-order valence-electron chi connectivity index (χ4n) is 2.39. The monoisotopic (exact) mass is 330 g/mol. The first-order valence-corrected chi connectivity index (χ1v) is 7.49. The van der Waals surface area contributed by atoms with Gasteiger partial charge in [0.15, 0.2) is 5.69 Å². The lowest BCUT2D eigenvalue weighted by atomic mass is 10.1. The number of hydrogen-bond donors (Lipinski definition) is 2. The first-order valence-electron chi connectivity index (χ1n) is 7.11. The Morgan fingerprint density at radius 1 is 1.39 bits per heavy atom. The summed E-state index contributed by atoms with van der Waals surface area (Å²) in [7, 11) is 0. The fourth-order valence-corrected chi connectivity index (χ4v) is 2.63. The van der Waals surface area contributed by atoms with E-state index in [9.17, 15) is 9.59 Å². The molecule has 2 N–H and O–H groups in total. The van der Waals surface area contributed by atoms with Crippen molar-refractivity contribution in [2.75, 3.05) is 13.1 Å². The third-order valence-electron chi connectivity index (χ3n) is 3.68. The highest BCUT2D eigenvalue weighted by molar-refractivity contribution is 6.33. The maximum atomic E-state index is 12.2. The van der Waals surface area contributed by atoms with Crippen LogP contribution in [0.4, 0.5) is 0 Å². The fraction of sp³-hybridized carbons (Fsp3) is 0.188. The minimum Gasteiger partial charge on any atom is -0.344 e. The van der Waals surface area contributed by atoms with Crippen LogP contribution in [0.15, 0.2) is 43.0 Å². The zero-order valence-electron chi connectivity index (χ0n) is 12.3. The predicted octanol–water partition coefficient (Wildman–Crippen LogP) is 1.86. The number of amides is 2. The number of H-pyrrole nitrogens is 1. The number of aromatic amines is 1. The van der Waals surface area contributed by atoms with Gasteiger partial charge in [0.05, 0.1) is 11.7 Å². The number of benzene rings is 1. The van der Waals surface area contributed by atoms with Gasteiger partial charge in [-0.3, -0.25) is 14.7 Å². The molecule has 1 aromatic carbocycles. The van der Waals surface area contributed by atoms with Crippen LogP contribution in [0.25, 0.3) is 11.3 Å². The molecule has 1 aliphatic heterocycles. The topological polar surface area (TPSA) is 78.1 Å². The molecule has 7 heteroatoms. The molecule has 0 spiro atoms. The third kappa shape index (κ3) is 3.12. The Morgan fingerprint density at radius 3 is 2.83 bits per heavy atom. The Labute approximate surface area is 138 Å². The summed E-state index contributed by atoms with van der Waals surface area (Å²) in [5, 5.41) is 10.3. The van der Waals surface area contributed by atoms with Crippen LogP contribution in [0, 0.1) is 0 Å². The zero-order chi connectivity index (χ0) is 16.4. The minimum absolute atomic E-state index is 0.0631. The summed E-state index contributed by atoms with van der Waals surface area (Å²) in [5.74, 6) is -0.411. The second kappa shape index (κ2) is 6.26. The average Bonchev–Trinajstić information content (AvgIpc) is 2.99. The van der Waals surface area contributed by atoms with Gasteiger partial charge >= 0.3 is 0 Å². The van der Waals surface area contributed by atoms with E-state index >= 15 is 0 Å². The Kier molecular flexibility index (Phi) is 4.16. The van der Waals surface area contributed by atoms with E-state index in [0.717, 1.165) is 5.56 Å². The van der Waals surface area contributed by atoms with E-state index in [2.05, 4.69) is 22.1 Å². The van der Waals surface area contributed by atoms with Gasteiger partial charge in [0.1, 0.15) is 0 Å². The molecule has 2 heterocycles. The molecule has 0 aliphatic carbocycles. The van der Waals surface area contributed by atoms with Crippen LogP contribution >= 0.6 is 11.6 Å². The van der Waals surface area contributed by atoms with Gasteiger partial charge in [-0.2, -0.15) is 5.10 Å². The molecule has 1 fully saturated rings. The average molecular weight is 331 g/mol. The largest absolute Gasteiger partial charge is 0.344 e. The van der Waals surface area contributed by atoms with E-state index in [0.29, 0.717) is 23.8 Å². The number of carbonyl (C=O) groups is 2. The first-order chi connectivity index (χ1) is 11.1. The normalized spacial score (nSPS) is 14.2. The maximum absolute atomic E-state index is 12.2. The van der Waals surface area contributed by atoms with Crippen LogP contribution in [-0.4, -0.2) is 46.0 Å². The standard InChI is InChI=1S/C16H15ClN4O2/c1-2-15(22)21-8-10(9-21)18-16(23)14-7-13(19-20-14)11-5-3-4-6-12(11)17/h2-7,10H,1,8-9H2,(H,18,23)(H,19,20). The lowest BCUT2D eigenvalue weighted by molar-refractivity contribution is -0.130. The highest BCUT2D eigenvalue weighted by atomic mass is 35.5. The van der Waals surface area contributed by atoms with Crippen molar-refractivity contribution in [1.29, 1.82) is 0 Å². The van der Waals surface area contributed by atoms with Crippen molar-refractivity contribution in [2.45, 2.75) is 6.04 Å². The second-order valence-corrected chi connectivity index (χ2v) is 5.67. The number of hydrogen-bond acceptors (Lipinski definition) is 3. The molecule has 0 unspecified atom stereocenters. The highest BCUT2D eigenvalue weighted by Gasteiger charge is 2.31. The SMILES string of the molecule is C=CC(=O)N1CC(NC(=O)c2cc(-c3ccccc3Cl)[nH]n2)C1. The van der Waals surface area contributed by atoms with E-state index in [1.165, 1.54) is 6.08 Å². The molecule has 0 radical (unpaired) electrons. The van der Waals surface area contributed by atoms with Crippen LogP contribution in [0.5, 0.6) is 0 Å². The van der Waals surface area contributed by atoms with Crippen molar-refractivity contribution in [3.8, 4) is 11.3 Å². The summed E-state index contributed by atoms with van der Waals surface area (Å²) in [6.45, 7) is 4.40. The van der Waals surface area contributed by atoms with Crippen LogP contribution < -0.4 is 5.32 Å². The lowest BCUT2D eigenvalue weighted by Crippen LogP contribution is -2.60. The second-order valence-electron chi connectivity index (χ2n) is 5.26. The van der Waals surface area contributed by atoms with Gasteiger partial charge in [0.25, 0.3) is 5.91 Å². The van der Waals surface area contributed by atoms with Crippen LogP contribution in [-0.2, 0) is 4.79 Å². The van der Waals surface area contributed by atoms with E-state index in [4.69, 9.17) is 11.6 Å². The summed E-state index contributed by atoms with van der Waals surface area (Å²) in [5.41, 5.74) is 1.75. The molecule has 23 heavy (non-hydrogen) atoms. The number of halogens is 1. The number of carbonyl (C=O) groups excluding carboxylic acids is 2.